The second kappa shape index (κ2) is 9.98. The highest BCUT2D eigenvalue weighted by molar-refractivity contribution is 5.80. The molecule has 2 aliphatic rings. The molecule has 0 aliphatic carbocycles. The summed E-state index contributed by atoms with van der Waals surface area (Å²) in [5, 5.41) is 4.50. The summed E-state index contributed by atoms with van der Waals surface area (Å²) in [6, 6.07) is 6.33. The van der Waals surface area contributed by atoms with Gasteiger partial charge in [0.15, 0.2) is 5.82 Å². The first kappa shape index (κ1) is 25.0. The van der Waals surface area contributed by atoms with Crippen LogP contribution in [0.5, 0.6) is 0 Å². The number of amides is 1. The van der Waals surface area contributed by atoms with Gasteiger partial charge in [0.2, 0.25) is 5.91 Å². The van der Waals surface area contributed by atoms with Crippen molar-refractivity contribution in [2.75, 3.05) is 49.1 Å². The summed E-state index contributed by atoms with van der Waals surface area (Å²) < 4.78 is 40.2. The summed E-state index contributed by atoms with van der Waals surface area (Å²) in [6.45, 7) is 7.37. The molecule has 0 saturated carbocycles. The summed E-state index contributed by atoms with van der Waals surface area (Å²) >= 11 is 0. The number of pyridine rings is 1. The first-order valence-corrected chi connectivity index (χ1v) is 12.4. The van der Waals surface area contributed by atoms with Crippen molar-refractivity contribution in [2.45, 2.75) is 32.9 Å². The molecule has 196 valence electrons. The Morgan fingerprint density at radius 1 is 0.919 bits per heavy atom. The van der Waals surface area contributed by atoms with E-state index >= 15 is 0 Å². The van der Waals surface area contributed by atoms with E-state index in [0.29, 0.717) is 44.4 Å². The quantitative estimate of drug-likeness (QED) is 0.529. The molecule has 0 radical (unpaired) electrons. The Balaban J connectivity index is 1.20. The minimum atomic E-state index is -4.41. The van der Waals surface area contributed by atoms with Crippen LogP contribution in [0.2, 0.25) is 0 Å². The average molecular weight is 515 g/mol. The zero-order valence-electron chi connectivity index (χ0n) is 20.8. The van der Waals surface area contributed by atoms with Crippen LogP contribution in [0, 0.1) is 19.8 Å². The molecule has 1 unspecified atom stereocenters. The second-order valence-electron chi connectivity index (χ2n) is 9.57. The van der Waals surface area contributed by atoms with Crippen molar-refractivity contribution in [3.8, 4) is 5.82 Å². The van der Waals surface area contributed by atoms with Crippen molar-refractivity contribution < 1.29 is 18.0 Å². The lowest BCUT2D eigenvalue weighted by atomic mass is 9.96. The Morgan fingerprint density at radius 3 is 2.32 bits per heavy atom. The van der Waals surface area contributed by atoms with Gasteiger partial charge in [-0.25, -0.2) is 19.6 Å². The number of hydrogen-bond donors (Lipinski definition) is 0. The van der Waals surface area contributed by atoms with E-state index in [0.717, 1.165) is 48.9 Å². The van der Waals surface area contributed by atoms with Crippen LogP contribution in [-0.4, -0.2) is 74.8 Å². The molecular weight excluding hydrogens is 485 g/mol. The zero-order chi connectivity index (χ0) is 26.2. The average Bonchev–Trinajstić information content (AvgIpc) is 3.25. The Labute approximate surface area is 212 Å². The van der Waals surface area contributed by atoms with Crippen LogP contribution in [0.1, 0.15) is 29.8 Å². The van der Waals surface area contributed by atoms with Gasteiger partial charge in [-0.05, 0) is 44.9 Å². The Morgan fingerprint density at radius 2 is 1.68 bits per heavy atom. The van der Waals surface area contributed by atoms with Crippen LogP contribution in [0.15, 0.2) is 36.8 Å². The number of aromatic nitrogens is 5. The number of aryl methyl sites for hydroxylation is 2. The summed E-state index contributed by atoms with van der Waals surface area (Å²) in [5.41, 5.74) is 1.13. The van der Waals surface area contributed by atoms with Crippen LogP contribution in [0.25, 0.3) is 5.82 Å². The van der Waals surface area contributed by atoms with Gasteiger partial charge >= 0.3 is 6.18 Å². The summed E-state index contributed by atoms with van der Waals surface area (Å²) in [4.78, 5) is 32.1. The molecule has 37 heavy (non-hydrogen) atoms. The van der Waals surface area contributed by atoms with Gasteiger partial charge in [-0.3, -0.25) is 4.79 Å². The number of carbonyl (C=O) groups is 1. The topological polar surface area (TPSA) is 83.3 Å². The first-order chi connectivity index (χ1) is 17.7. The van der Waals surface area contributed by atoms with Crippen LogP contribution < -0.4 is 9.80 Å². The maximum atomic E-state index is 13.4. The lowest BCUT2D eigenvalue weighted by Crippen LogP contribution is -2.52. The summed E-state index contributed by atoms with van der Waals surface area (Å²) in [7, 11) is 0. The zero-order valence-corrected chi connectivity index (χ0v) is 20.8. The third-order valence-corrected chi connectivity index (χ3v) is 6.95. The third kappa shape index (κ3) is 5.37. The summed E-state index contributed by atoms with van der Waals surface area (Å²) in [5.74, 6) is 1.92. The van der Waals surface area contributed by atoms with E-state index in [1.165, 1.54) is 12.4 Å². The fourth-order valence-electron chi connectivity index (χ4n) is 5.03. The summed E-state index contributed by atoms with van der Waals surface area (Å²) in [6.07, 6.45) is -0.330. The molecule has 5 rings (SSSR count). The largest absolute Gasteiger partial charge is 0.417 e. The molecule has 12 heteroatoms. The lowest BCUT2D eigenvalue weighted by Gasteiger charge is -2.39. The van der Waals surface area contributed by atoms with E-state index in [1.807, 2.05) is 35.8 Å². The molecule has 0 N–H and O–H groups in total. The third-order valence-electron chi connectivity index (χ3n) is 6.95. The number of anilines is 2. The van der Waals surface area contributed by atoms with Gasteiger partial charge in [-0.2, -0.15) is 18.3 Å². The highest BCUT2D eigenvalue weighted by Gasteiger charge is 2.33. The minimum absolute atomic E-state index is 0.109. The van der Waals surface area contributed by atoms with E-state index in [4.69, 9.17) is 0 Å². The first-order valence-electron chi connectivity index (χ1n) is 12.4. The Bertz CT molecular complexity index is 1250. The molecule has 0 bridgehead atoms. The number of halogens is 3. The van der Waals surface area contributed by atoms with Gasteiger partial charge in [0.25, 0.3) is 0 Å². The molecule has 5 heterocycles. The van der Waals surface area contributed by atoms with E-state index < -0.39 is 11.7 Å². The Hall–Kier alpha value is -3.70. The maximum absolute atomic E-state index is 13.4. The number of rotatable bonds is 4. The second-order valence-corrected chi connectivity index (χ2v) is 9.57. The molecule has 2 fully saturated rings. The van der Waals surface area contributed by atoms with E-state index in [-0.39, 0.29) is 11.8 Å². The number of piperidine rings is 1. The van der Waals surface area contributed by atoms with Gasteiger partial charge in [-0.1, -0.05) is 0 Å². The van der Waals surface area contributed by atoms with E-state index in [1.54, 1.807) is 4.68 Å². The van der Waals surface area contributed by atoms with Crippen molar-refractivity contribution in [1.82, 2.24) is 29.6 Å². The molecule has 0 aromatic carbocycles. The van der Waals surface area contributed by atoms with Crippen LogP contribution in [-0.2, 0) is 11.0 Å². The minimum Gasteiger partial charge on any atom is -0.356 e. The smallest absolute Gasteiger partial charge is 0.356 e. The van der Waals surface area contributed by atoms with Gasteiger partial charge in [0.05, 0.1) is 17.2 Å². The number of nitrogens with zero attached hydrogens (tertiary/aromatic N) is 8. The van der Waals surface area contributed by atoms with Gasteiger partial charge < -0.3 is 14.7 Å². The fraction of sp³-hybridized carbons (Fsp3) is 0.480. The van der Waals surface area contributed by atoms with Crippen molar-refractivity contribution in [3.63, 3.8) is 0 Å². The fourth-order valence-corrected chi connectivity index (χ4v) is 5.03. The molecule has 9 nitrogen and oxygen atoms in total. The molecule has 2 aliphatic heterocycles. The van der Waals surface area contributed by atoms with E-state index in [9.17, 15) is 18.0 Å². The predicted molar refractivity (Wildman–Crippen MR) is 132 cm³/mol. The van der Waals surface area contributed by atoms with Crippen LogP contribution in [0.4, 0.5) is 24.8 Å². The highest BCUT2D eigenvalue weighted by atomic mass is 19.4. The SMILES string of the molecule is Cc1cc(C)n(-c2cc(N3CCCC(C(=O)N4CCN(c5ccc(C(F)(F)F)cn5)CC4)C3)ncn2)n1. The molecule has 2 saturated heterocycles. The monoisotopic (exact) mass is 514 g/mol. The molecule has 1 amide bonds. The van der Waals surface area contributed by atoms with Gasteiger partial charge in [0.1, 0.15) is 18.0 Å². The van der Waals surface area contributed by atoms with Gasteiger partial charge in [0, 0.05) is 57.2 Å². The number of hydrogen-bond acceptors (Lipinski definition) is 7. The maximum Gasteiger partial charge on any atom is 0.417 e. The highest BCUT2D eigenvalue weighted by Crippen LogP contribution is 2.30. The molecule has 1 atom stereocenters. The van der Waals surface area contributed by atoms with Crippen LogP contribution >= 0.6 is 0 Å². The van der Waals surface area contributed by atoms with Crippen molar-refractivity contribution in [3.05, 3.63) is 53.7 Å². The Kier molecular flexibility index (Phi) is 6.74. The number of piperazine rings is 1. The van der Waals surface area contributed by atoms with Crippen molar-refractivity contribution in [2.24, 2.45) is 5.92 Å². The van der Waals surface area contributed by atoms with Gasteiger partial charge in [-0.15, -0.1) is 0 Å². The number of alkyl halides is 3. The normalized spacial score (nSPS) is 18.8. The lowest BCUT2D eigenvalue weighted by molar-refractivity contribution is -0.138. The molecule has 0 spiro atoms. The molecule has 3 aromatic heterocycles. The van der Waals surface area contributed by atoms with Crippen LogP contribution in [0.3, 0.4) is 0 Å². The standard InChI is InChI=1S/C25H29F3N8O/c1-17-12-18(2)36(32-17)23-13-22(30-16-31-23)35-7-3-4-19(15-35)24(37)34-10-8-33(9-11-34)21-6-5-20(14-29-21)25(26,27)28/h5-6,12-14,16,19H,3-4,7-11,15H2,1-2H3. The van der Waals surface area contributed by atoms with Crippen molar-refractivity contribution >= 4 is 17.5 Å². The number of carbonyl (C=O) groups excluding carboxylic acids is 1. The molecular formula is C25H29F3N8O. The molecule has 3 aromatic rings. The predicted octanol–water partition coefficient (Wildman–Crippen LogP) is 3.26. The van der Waals surface area contributed by atoms with Crippen molar-refractivity contribution in [1.29, 1.82) is 0 Å². The van der Waals surface area contributed by atoms with E-state index in [2.05, 4.69) is 25.0 Å².